The van der Waals surface area contributed by atoms with Crippen LogP contribution in [0.3, 0.4) is 0 Å². The molecule has 34 heavy (non-hydrogen) atoms. The molecule has 1 aromatic heterocycles. The van der Waals surface area contributed by atoms with Crippen LogP contribution in [-0.4, -0.2) is 29.7 Å². The first-order chi connectivity index (χ1) is 16.2. The Balaban J connectivity index is 0.00000129. The van der Waals surface area contributed by atoms with Gasteiger partial charge in [-0.05, 0) is 36.4 Å². The monoisotopic (exact) mass is 533 g/mol. The first-order valence-electron chi connectivity index (χ1n) is 9.42. The minimum absolute atomic E-state index is 0.0709. The largest absolute Gasteiger partial charge is 0.384 e. The van der Waals surface area contributed by atoms with Gasteiger partial charge >= 0.3 is 0 Å². The number of hydrogen-bond donors (Lipinski definition) is 3. The number of halogens is 3. The molecular formula is C23H19Cl3N5O2P. The van der Waals surface area contributed by atoms with Gasteiger partial charge in [0, 0.05) is 29.4 Å². The third-order valence-electron chi connectivity index (χ3n) is 4.19. The number of pyridine rings is 1. The molecule has 7 nitrogen and oxygen atoms in total. The molecule has 4 N–H and O–H groups in total. The minimum Gasteiger partial charge on any atom is -0.384 e. The van der Waals surface area contributed by atoms with Gasteiger partial charge in [0.15, 0.2) is 0 Å². The molecular weight excluding hydrogens is 516 g/mol. The number of anilines is 2. The average molecular weight is 535 g/mol. The van der Waals surface area contributed by atoms with Crippen molar-refractivity contribution in [1.29, 1.82) is 0 Å². The van der Waals surface area contributed by atoms with Crippen molar-refractivity contribution in [3.05, 3.63) is 86.5 Å². The van der Waals surface area contributed by atoms with Gasteiger partial charge in [0.25, 0.3) is 11.8 Å². The van der Waals surface area contributed by atoms with Crippen molar-refractivity contribution in [2.45, 2.75) is 0 Å². The molecule has 0 saturated heterocycles. The molecule has 0 spiro atoms. The Labute approximate surface area is 214 Å². The standard InChI is InChI=1S/C21H16Cl3N5O2.C2H3P/c1-26-19(25)11-2-4-12(5-3-11)20(30)29-18-15(8-14(23)9-16(18)24)21(31)28-17-7-6-13(22)10-27-17;1-2-3/h2-10H,1H3,(H2,25,26)(H,29,30)(H,27,28,31);1H,3H2. The Kier molecular flexibility index (Phi) is 10.3. The number of aromatic nitrogens is 1. The Hall–Kier alpha value is -3.14. The van der Waals surface area contributed by atoms with Gasteiger partial charge in [-0.2, -0.15) is 0 Å². The molecule has 2 aromatic carbocycles. The second-order valence-electron chi connectivity index (χ2n) is 6.43. The smallest absolute Gasteiger partial charge is 0.259 e. The van der Waals surface area contributed by atoms with Gasteiger partial charge in [0.05, 0.1) is 21.3 Å². The van der Waals surface area contributed by atoms with Crippen LogP contribution < -0.4 is 16.4 Å². The number of amidine groups is 1. The second kappa shape index (κ2) is 12.9. The highest BCUT2D eigenvalue weighted by molar-refractivity contribution is 7.23. The number of hydrogen-bond acceptors (Lipinski definition) is 4. The number of carbonyl (C=O) groups is 2. The quantitative estimate of drug-likeness (QED) is 0.178. The number of nitrogens with one attached hydrogen (secondary N) is 2. The average Bonchev–Trinajstić information content (AvgIpc) is 2.82. The van der Waals surface area contributed by atoms with Crippen molar-refractivity contribution >= 4 is 73.2 Å². The summed E-state index contributed by atoms with van der Waals surface area (Å²) in [4.78, 5) is 33.5. The van der Waals surface area contributed by atoms with Crippen LogP contribution in [0.1, 0.15) is 26.3 Å². The lowest BCUT2D eigenvalue weighted by molar-refractivity contribution is 0.102. The van der Waals surface area contributed by atoms with Gasteiger partial charge in [-0.3, -0.25) is 14.6 Å². The van der Waals surface area contributed by atoms with Crippen LogP contribution >= 0.6 is 44.0 Å². The number of terminal acetylenes is 1. The van der Waals surface area contributed by atoms with Gasteiger partial charge in [-0.1, -0.05) is 61.8 Å². The summed E-state index contributed by atoms with van der Waals surface area (Å²) in [5.74, 6) is -0.408. The number of nitrogens with two attached hydrogens (primary N) is 1. The summed E-state index contributed by atoms with van der Waals surface area (Å²) in [6, 6.07) is 12.5. The number of rotatable bonds is 5. The SMILES string of the molecule is C#CP.CN=C(N)c1ccc(C(=O)Nc2c(Cl)cc(Cl)cc2C(=O)Nc2ccc(Cl)cn2)cc1. The van der Waals surface area contributed by atoms with Crippen LogP contribution in [0.2, 0.25) is 15.1 Å². The van der Waals surface area contributed by atoms with Gasteiger partial charge < -0.3 is 16.4 Å². The van der Waals surface area contributed by atoms with E-state index in [9.17, 15) is 9.59 Å². The maximum absolute atomic E-state index is 12.8. The topological polar surface area (TPSA) is 109 Å². The molecule has 0 saturated carbocycles. The molecule has 0 aliphatic heterocycles. The van der Waals surface area contributed by atoms with E-state index in [0.717, 1.165) is 0 Å². The van der Waals surface area contributed by atoms with Gasteiger partial charge in [0.1, 0.15) is 11.7 Å². The predicted molar refractivity (Wildman–Crippen MR) is 143 cm³/mol. The highest BCUT2D eigenvalue weighted by atomic mass is 35.5. The Morgan fingerprint density at radius 2 is 1.62 bits per heavy atom. The highest BCUT2D eigenvalue weighted by Crippen LogP contribution is 2.31. The zero-order valence-corrected chi connectivity index (χ0v) is 21.2. The van der Waals surface area contributed by atoms with E-state index in [-0.39, 0.29) is 27.1 Å². The van der Waals surface area contributed by atoms with E-state index in [4.69, 9.17) is 40.5 Å². The third kappa shape index (κ3) is 7.44. The van der Waals surface area contributed by atoms with Gasteiger partial charge in [-0.15, -0.1) is 6.42 Å². The summed E-state index contributed by atoms with van der Waals surface area (Å²) < 4.78 is 0. The molecule has 174 valence electrons. The van der Waals surface area contributed by atoms with E-state index in [1.54, 1.807) is 37.4 Å². The molecule has 1 heterocycles. The van der Waals surface area contributed by atoms with Crippen molar-refractivity contribution < 1.29 is 9.59 Å². The minimum atomic E-state index is -0.559. The molecule has 0 aliphatic rings. The Bertz CT molecular complexity index is 1260. The molecule has 0 aliphatic carbocycles. The summed E-state index contributed by atoms with van der Waals surface area (Å²) in [6.45, 7) is 0. The maximum atomic E-state index is 12.8. The van der Waals surface area contributed by atoms with Crippen LogP contribution in [0, 0.1) is 12.1 Å². The second-order valence-corrected chi connectivity index (χ2v) is 8.05. The summed E-state index contributed by atoms with van der Waals surface area (Å²) in [5.41, 5.74) is 9.13. The predicted octanol–water partition coefficient (Wildman–Crippen LogP) is 5.33. The normalized spacial score (nSPS) is 10.4. The number of carbonyl (C=O) groups excluding carboxylic acids is 2. The summed E-state index contributed by atoms with van der Waals surface area (Å²) in [6.07, 6.45) is 5.95. The van der Waals surface area contributed by atoms with E-state index in [0.29, 0.717) is 22.0 Å². The van der Waals surface area contributed by atoms with E-state index >= 15 is 0 Å². The van der Waals surface area contributed by atoms with Crippen molar-refractivity contribution in [2.75, 3.05) is 17.7 Å². The molecule has 3 aromatic rings. The molecule has 0 fully saturated rings. The number of aliphatic imine (C=N–C) groups is 1. The molecule has 2 amide bonds. The van der Waals surface area contributed by atoms with E-state index in [1.807, 2.05) is 0 Å². The van der Waals surface area contributed by atoms with E-state index in [2.05, 4.69) is 41.9 Å². The summed E-state index contributed by atoms with van der Waals surface area (Å²) in [7, 11) is 3.68. The Morgan fingerprint density at radius 1 is 1.00 bits per heavy atom. The number of benzene rings is 2. The number of amides is 2. The molecule has 3 rings (SSSR count). The zero-order valence-electron chi connectivity index (χ0n) is 17.8. The maximum Gasteiger partial charge on any atom is 0.259 e. The van der Waals surface area contributed by atoms with Crippen molar-refractivity contribution in [1.82, 2.24) is 4.98 Å². The van der Waals surface area contributed by atoms with E-state index < -0.39 is 11.8 Å². The summed E-state index contributed by atoms with van der Waals surface area (Å²) in [5, 5.41) is 6.05. The first kappa shape index (κ1) is 27.1. The first-order valence-corrected chi connectivity index (χ1v) is 11.1. The van der Waals surface area contributed by atoms with Gasteiger partial charge in [0.2, 0.25) is 0 Å². The van der Waals surface area contributed by atoms with Crippen LogP contribution in [0.4, 0.5) is 11.5 Å². The van der Waals surface area contributed by atoms with Crippen LogP contribution in [-0.2, 0) is 0 Å². The molecule has 0 radical (unpaired) electrons. The molecule has 1 atom stereocenters. The lowest BCUT2D eigenvalue weighted by atomic mass is 10.1. The summed E-state index contributed by atoms with van der Waals surface area (Å²) >= 11 is 18.2. The fraction of sp³-hybridized carbons (Fsp3) is 0.0435. The fourth-order valence-electron chi connectivity index (χ4n) is 2.62. The van der Waals surface area contributed by atoms with Crippen molar-refractivity contribution in [2.24, 2.45) is 10.7 Å². The van der Waals surface area contributed by atoms with Crippen molar-refractivity contribution in [3.8, 4) is 12.1 Å². The lowest BCUT2D eigenvalue weighted by Gasteiger charge is -2.14. The third-order valence-corrected chi connectivity index (χ3v) is 4.93. The zero-order chi connectivity index (χ0) is 25.3. The van der Waals surface area contributed by atoms with Crippen LogP contribution in [0.5, 0.6) is 0 Å². The molecule has 0 bridgehead atoms. The lowest BCUT2D eigenvalue weighted by Crippen LogP contribution is -2.19. The van der Waals surface area contributed by atoms with Crippen molar-refractivity contribution in [3.63, 3.8) is 0 Å². The Morgan fingerprint density at radius 3 is 2.18 bits per heavy atom. The van der Waals surface area contributed by atoms with Gasteiger partial charge in [-0.25, -0.2) is 4.98 Å². The van der Waals surface area contributed by atoms with Crippen LogP contribution in [0.25, 0.3) is 0 Å². The van der Waals surface area contributed by atoms with E-state index in [1.165, 1.54) is 24.4 Å². The van der Waals surface area contributed by atoms with Crippen LogP contribution in [0.15, 0.2) is 59.7 Å². The number of nitrogens with zero attached hydrogens (tertiary/aromatic N) is 2. The fourth-order valence-corrected chi connectivity index (χ4v) is 3.27. The molecule has 11 heteroatoms. The molecule has 1 unspecified atom stereocenters. The highest BCUT2D eigenvalue weighted by Gasteiger charge is 2.19.